The molecule has 0 radical (unpaired) electrons. The van der Waals surface area contributed by atoms with Gasteiger partial charge in [-0.1, -0.05) is 28.4 Å². The summed E-state index contributed by atoms with van der Waals surface area (Å²) in [4.78, 5) is 11.9. The van der Waals surface area contributed by atoms with Crippen LogP contribution < -0.4 is 10.1 Å². The lowest BCUT2D eigenvalue weighted by atomic mass is 10.2. The minimum atomic E-state index is -0.327. The maximum Gasteiger partial charge on any atom is 0.264 e. The molecule has 0 saturated heterocycles. The maximum atomic E-state index is 11.9. The molecule has 1 aliphatic carbocycles. The Kier molecular flexibility index (Phi) is 4.03. The van der Waals surface area contributed by atoms with E-state index in [0.717, 1.165) is 30.5 Å². The number of hydrogen-bond acceptors (Lipinski definition) is 4. The van der Waals surface area contributed by atoms with Gasteiger partial charge in [-0.3, -0.25) is 10.1 Å². The van der Waals surface area contributed by atoms with Gasteiger partial charge in [0.25, 0.3) is 5.91 Å². The van der Waals surface area contributed by atoms with E-state index in [-0.39, 0.29) is 12.5 Å². The topological polar surface area (TPSA) is 64.4 Å². The Morgan fingerprint density at radius 3 is 3.05 bits per heavy atom. The minimum absolute atomic E-state index is 0.170. The zero-order valence-corrected chi connectivity index (χ0v) is 12.5. The Balaban J connectivity index is 1.59. The molecule has 0 saturated carbocycles. The zero-order chi connectivity index (χ0) is 14.8. The molecule has 0 aliphatic heterocycles. The lowest BCUT2D eigenvalue weighted by Crippen LogP contribution is -2.20. The first-order valence-corrected chi connectivity index (χ1v) is 7.24. The standard InChI is InChI=1S/C14H12Cl2N2O3/c15-8-4-5-12(10(16)6-8)20-7-13(19)17-14-9-2-1-3-11(9)18-21-14/h4-6H,1-3,7H2,(H,17,19). The van der Waals surface area contributed by atoms with Crippen molar-refractivity contribution in [3.8, 4) is 5.75 Å². The fourth-order valence-electron chi connectivity index (χ4n) is 2.23. The van der Waals surface area contributed by atoms with Gasteiger partial charge in [0.05, 0.1) is 10.7 Å². The van der Waals surface area contributed by atoms with Crippen LogP contribution in [-0.4, -0.2) is 17.7 Å². The molecule has 1 aliphatic rings. The van der Waals surface area contributed by atoms with Crippen LogP contribution in [0.1, 0.15) is 17.7 Å². The van der Waals surface area contributed by atoms with Crippen LogP contribution in [0.25, 0.3) is 0 Å². The van der Waals surface area contributed by atoms with Gasteiger partial charge in [0.1, 0.15) is 5.75 Å². The fraction of sp³-hybridized carbons (Fsp3) is 0.286. The third-order valence-corrected chi connectivity index (χ3v) is 3.75. The van der Waals surface area contributed by atoms with E-state index in [1.165, 1.54) is 0 Å². The molecule has 110 valence electrons. The molecule has 3 rings (SSSR count). The molecule has 0 unspecified atom stereocenters. The number of aryl methyl sites for hydroxylation is 1. The van der Waals surface area contributed by atoms with E-state index >= 15 is 0 Å². The summed E-state index contributed by atoms with van der Waals surface area (Å²) in [5.74, 6) is 0.490. The number of nitrogens with one attached hydrogen (secondary N) is 1. The van der Waals surface area contributed by atoms with Crippen LogP contribution >= 0.6 is 23.2 Å². The molecule has 0 bridgehead atoms. The second-order valence-electron chi connectivity index (χ2n) is 4.70. The van der Waals surface area contributed by atoms with Crippen molar-refractivity contribution in [2.24, 2.45) is 0 Å². The minimum Gasteiger partial charge on any atom is -0.482 e. The summed E-state index contributed by atoms with van der Waals surface area (Å²) in [6.07, 6.45) is 2.80. The second-order valence-corrected chi connectivity index (χ2v) is 5.55. The van der Waals surface area contributed by atoms with Crippen molar-refractivity contribution in [3.05, 3.63) is 39.5 Å². The first-order chi connectivity index (χ1) is 10.1. The van der Waals surface area contributed by atoms with Gasteiger partial charge in [-0.05, 0) is 37.5 Å². The average molecular weight is 327 g/mol. The Hall–Kier alpha value is -1.72. The zero-order valence-electron chi connectivity index (χ0n) is 11.0. The lowest BCUT2D eigenvalue weighted by Gasteiger charge is -2.08. The molecule has 1 N–H and O–H groups in total. The third-order valence-electron chi connectivity index (χ3n) is 3.22. The SMILES string of the molecule is O=C(COc1ccc(Cl)cc1Cl)Nc1onc2c1CCC2. The summed E-state index contributed by atoms with van der Waals surface area (Å²) in [5.41, 5.74) is 1.90. The van der Waals surface area contributed by atoms with Crippen LogP contribution in [0.15, 0.2) is 22.7 Å². The van der Waals surface area contributed by atoms with Crippen molar-refractivity contribution >= 4 is 35.0 Å². The molecule has 0 spiro atoms. The number of anilines is 1. The third kappa shape index (κ3) is 3.14. The largest absolute Gasteiger partial charge is 0.482 e. The van der Waals surface area contributed by atoms with E-state index in [4.69, 9.17) is 32.5 Å². The Morgan fingerprint density at radius 1 is 1.38 bits per heavy atom. The number of carbonyl (C=O) groups excluding carboxylic acids is 1. The molecule has 21 heavy (non-hydrogen) atoms. The Bertz CT molecular complexity index is 685. The van der Waals surface area contributed by atoms with Crippen LogP contribution in [0.2, 0.25) is 10.0 Å². The van der Waals surface area contributed by atoms with Gasteiger partial charge in [0.2, 0.25) is 5.88 Å². The van der Waals surface area contributed by atoms with Gasteiger partial charge in [-0.2, -0.15) is 0 Å². The summed E-state index contributed by atoms with van der Waals surface area (Å²) in [6.45, 7) is -0.170. The van der Waals surface area contributed by atoms with Gasteiger partial charge >= 0.3 is 0 Å². The van der Waals surface area contributed by atoms with Crippen molar-refractivity contribution in [3.63, 3.8) is 0 Å². The first kappa shape index (κ1) is 14.2. The number of fused-ring (bicyclic) bond motifs is 1. The molecule has 1 heterocycles. The summed E-state index contributed by atoms with van der Waals surface area (Å²) >= 11 is 11.8. The van der Waals surface area contributed by atoms with E-state index in [1.54, 1.807) is 18.2 Å². The van der Waals surface area contributed by atoms with Gasteiger partial charge in [0.15, 0.2) is 6.61 Å². The predicted molar refractivity (Wildman–Crippen MR) is 79.1 cm³/mol. The number of hydrogen-bond donors (Lipinski definition) is 1. The van der Waals surface area contributed by atoms with E-state index in [1.807, 2.05) is 0 Å². The van der Waals surface area contributed by atoms with Crippen molar-refractivity contribution in [1.29, 1.82) is 0 Å². The summed E-state index contributed by atoms with van der Waals surface area (Å²) in [6, 6.07) is 4.81. The number of benzene rings is 1. The van der Waals surface area contributed by atoms with Crippen molar-refractivity contribution in [2.75, 3.05) is 11.9 Å². The Labute approximate surface area is 131 Å². The molecule has 0 atom stereocenters. The molecule has 0 fully saturated rings. The van der Waals surface area contributed by atoms with Crippen molar-refractivity contribution < 1.29 is 14.1 Å². The number of amides is 1. The predicted octanol–water partition coefficient (Wildman–Crippen LogP) is 3.49. The molecule has 2 aromatic rings. The summed E-state index contributed by atoms with van der Waals surface area (Å²) in [5, 5.41) is 7.45. The quantitative estimate of drug-likeness (QED) is 0.934. The van der Waals surface area contributed by atoms with Gasteiger partial charge in [-0.25, -0.2) is 0 Å². The second kappa shape index (κ2) is 5.95. The molecule has 1 amide bonds. The number of aromatic nitrogens is 1. The molecule has 1 aromatic heterocycles. The molecular weight excluding hydrogens is 315 g/mol. The van der Waals surface area contributed by atoms with Gasteiger partial charge in [0, 0.05) is 10.6 Å². The monoisotopic (exact) mass is 326 g/mol. The van der Waals surface area contributed by atoms with Gasteiger partial charge < -0.3 is 9.26 Å². The highest BCUT2D eigenvalue weighted by Crippen LogP contribution is 2.29. The number of ether oxygens (including phenoxy) is 1. The van der Waals surface area contributed by atoms with Crippen molar-refractivity contribution in [1.82, 2.24) is 5.16 Å². The Morgan fingerprint density at radius 2 is 2.24 bits per heavy atom. The van der Waals surface area contributed by atoms with Crippen LogP contribution in [0, 0.1) is 0 Å². The van der Waals surface area contributed by atoms with E-state index in [0.29, 0.717) is 21.7 Å². The number of carbonyl (C=O) groups is 1. The highest BCUT2D eigenvalue weighted by Gasteiger charge is 2.22. The maximum absolute atomic E-state index is 11.9. The van der Waals surface area contributed by atoms with Crippen LogP contribution in [0.4, 0.5) is 5.88 Å². The molecular formula is C14H12Cl2N2O3. The summed E-state index contributed by atoms with van der Waals surface area (Å²) < 4.78 is 10.5. The van der Waals surface area contributed by atoms with E-state index < -0.39 is 0 Å². The van der Waals surface area contributed by atoms with E-state index in [2.05, 4.69) is 10.5 Å². The van der Waals surface area contributed by atoms with Crippen LogP contribution in [0.5, 0.6) is 5.75 Å². The fourth-order valence-corrected chi connectivity index (χ4v) is 2.69. The average Bonchev–Trinajstić information content (AvgIpc) is 3.03. The first-order valence-electron chi connectivity index (χ1n) is 6.48. The highest BCUT2D eigenvalue weighted by molar-refractivity contribution is 6.35. The number of nitrogens with zero attached hydrogens (tertiary/aromatic N) is 1. The summed E-state index contributed by atoms with van der Waals surface area (Å²) in [7, 11) is 0. The van der Waals surface area contributed by atoms with Gasteiger partial charge in [-0.15, -0.1) is 0 Å². The molecule has 5 nitrogen and oxygen atoms in total. The number of halogens is 2. The lowest BCUT2D eigenvalue weighted by molar-refractivity contribution is -0.118. The smallest absolute Gasteiger partial charge is 0.264 e. The molecule has 7 heteroatoms. The van der Waals surface area contributed by atoms with Crippen molar-refractivity contribution in [2.45, 2.75) is 19.3 Å². The highest BCUT2D eigenvalue weighted by atomic mass is 35.5. The number of rotatable bonds is 4. The van der Waals surface area contributed by atoms with Crippen LogP contribution in [-0.2, 0) is 17.6 Å². The normalized spacial score (nSPS) is 13.0. The molecule has 1 aromatic carbocycles. The van der Waals surface area contributed by atoms with Crippen LogP contribution in [0.3, 0.4) is 0 Å². The van der Waals surface area contributed by atoms with E-state index in [9.17, 15) is 4.79 Å².